The molecule has 0 aromatic heterocycles. The van der Waals surface area contributed by atoms with Crippen LogP contribution in [0.4, 0.5) is 8.78 Å². The number of nitrogens with zero attached hydrogens (tertiary/aromatic N) is 1. The molecule has 0 spiro atoms. The Hall–Kier alpha value is -1.04. The Morgan fingerprint density at radius 2 is 2.06 bits per heavy atom. The first-order chi connectivity index (χ1) is 8.04. The van der Waals surface area contributed by atoms with Gasteiger partial charge in [0.15, 0.2) is 0 Å². The van der Waals surface area contributed by atoms with Gasteiger partial charge in [0, 0.05) is 18.7 Å². The van der Waals surface area contributed by atoms with Crippen molar-refractivity contribution in [3.8, 4) is 0 Å². The standard InChI is InChI=1S/C12H18F2N2O/c1-16(2)6-5-15-12(8-17)10-7-9(13)3-4-11(10)14/h3-4,7,12,15,17H,5-6,8H2,1-2H3. The maximum atomic E-state index is 13.5. The molecule has 1 aromatic rings. The van der Waals surface area contributed by atoms with Gasteiger partial charge in [0.1, 0.15) is 11.6 Å². The summed E-state index contributed by atoms with van der Waals surface area (Å²) in [7, 11) is 3.83. The number of rotatable bonds is 6. The van der Waals surface area contributed by atoms with E-state index in [9.17, 15) is 13.9 Å². The van der Waals surface area contributed by atoms with E-state index in [1.54, 1.807) is 0 Å². The Bertz CT molecular complexity index is 358. The molecule has 0 bridgehead atoms. The van der Waals surface area contributed by atoms with Crippen molar-refractivity contribution in [3.05, 3.63) is 35.4 Å². The molecule has 0 saturated heterocycles. The van der Waals surface area contributed by atoms with Crippen LogP contribution in [0.15, 0.2) is 18.2 Å². The van der Waals surface area contributed by atoms with Crippen LogP contribution in [-0.2, 0) is 0 Å². The fourth-order valence-electron chi connectivity index (χ4n) is 1.52. The van der Waals surface area contributed by atoms with Gasteiger partial charge in [-0.3, -0.25) is 0 Å². The van der Waals surface area contributed by atoms with Crippen LogP contribution >= 0.6 is 0 Å². The highest BCUT2D eigenvalue weighted by Crippen LogP contribution is 2.17. The number of aliphatic hydroxyl groups is 1. The van der Waals surface area contributed by atoms with E-state index < -0.39 is 17.7 Å². The number of halogens is 2. The first kappa shape index (κ1) is 14.0. The van der Waals surface area contributed by atoms with E-state index in [0.717, 1.165) is 24.7 Å². The first-order valence-corrected chi connectivity index (χ1v) is 5.48. The lowest BCUT2D eigenvalue weighted by Crippen LogP contribution is -2.32. The van der Waals surface area contributed by atoms with Gasteiger partial charge in [-0.05, 0) is 32.3 Å². The molecule has 0 aliphatic rings. The van der Waals surface area contributed by atoms with Crippen LogP contribution in [-0.4, -0.2) is 43.8 Å². The van der Waals surface area contributed by atoms with E-state index in [0.29, 0.717) is 6.54 Å². The van der Waals surface area contributed by atoms with E-state index in [1.807, 2.05) is 19.0 Å². The molecule has 0 aliphatic heterocycles. The van der Waals surface area contributed by atoms with E-state index in [4.69, 9.17) is 0 Å². The third kappa shape index (κ3) is 4.38. The normalized spacial score (nSPS) is 13.1. The quantitative estimate of drug-likeness (QED) is 0.788. The fourth-order valence-corrected chi connectivity index (χ4v) is 1.52. The van der Waals surface area contributed by atoms with Gasteiger partial charge in [-0.2, -0.15) is 0 Å². The maximum absolute atomic E-state index is 13.5. The van der Waals surface area contributed by atoms with Crippen LogP contribution in [0, 0.1) is 11.6 Å². The zero-order valence-electron chi connectivity index (χ0n) is 10.1. The molecule has 5 heteroatoms. The van der Waals surface area contributed by atoms with E-state index in [-0.39, 0.29) is 12.2 Å². The highest BCUT2D eigenvalue weighted by atomic mass is 19.1. The molecule has 0 aliphatic carbocycles. The Morgan fingerprint density at radius 3 is 2.65 bits per heavy atom. The van der Waals surface area contributed by atoms with Gasteiger partial charge in [-0.25, -0.2) is 8.78 Å². The second kappa shape index (κ2) is 6.64. The Kier molecular flexibility index (Phi) is 5.47. The van der Waals surface area contributed by atoms with Crippen LogP contribution < -0.4 is 5.32 Å². The molecule has 1 aromatic carbocycles. The van der Waals surface area contributed by atoms with Crippen LogP contribution in [0.25, 0.3) is 0 Å². The van der Waals surface area contributed by atoms with Crippen molar-refractivity contribution in [2.75, 3.05) is 33.8 Å². The second-order valence-corrected chi connectivity index (χ2v) is 4.16. The molecule has 0 saturated carbocycles. The number of benzene rings is 1. The van der Waals surface area contributed by atoms with Crippen molar-refractivity contribution in [2.45, 2.75) is 6.04 Å². The van der Waals surface area contributed by atoms with Gasteiger partial charge in [0.05, 0.1) is 12.6 Å². The van der Waals surface area contributed by atoms with Crippen LogP contribution in [0.2, 0.25) is 0 Å². The molecule has 0 radical (unpaired) electrons. The number of likely N-dealkylation sites (N-methyl/N-ethyl adjacent to an activating group) is 1. The first-order valence-electron chi connectivity index (χ1n) is 5.48. The Morgan fingerprint density at radius 1 is 1.35 bits per heavy atom. The summed E-state index contributed by atoms with van der Waals surface area (Å²) in [4.78, 5) is 1.96. The lowest BCUT2D eigenvalue weighted by atomic mass is 10.1. The minimum atomic E-state index is -0.578. The number of aliphatic hydroxyl groups excluding tert-OH is 1. The minimum absolute atomic E-state index is 0.159. The maximum Gasteiger partial charge on any atom is 0.128 e. The minimum Gasteiger partial charge on any atom is -0.394 e. The zero-order chi connectivity index (χ0) is 12.8. The molecule has 17 heavy (non-hydrogen) atoms. The van der Waals surface area contributed by atoms with Gasteiger partial charge in [-0.15, -0.1) is 0 Å². The van der Waals surface area contributed by atoms with Gasteiger partial charge < -0.3 is 15.3 Å². The number of nitrogens with one attached hydrogen (secondary N) is 1. The van der Waals surface area contributed by atoms with Crippen molar-refractivity contribution in [2.24, 2.45) is 0 Å². The summed E-state index contributed by atoms with van der Waals surface area (Å²) < 4.78 is 26.5. The molecular weight excluding hydrogens is 226 g/mol. The topological polar surface area (TPSA) is 35.5 Å². The average Bonchev–Trinajstić information content (AvgIpc) is 2.28. The van der Waals surface area contributed by atoms with E-state index >= 15 is 0 Å². The van der Waals surface area contributed by atoms with Crippen molar-refractivity contribution in [1.29, 1.82) is 0 Å². The van der Waals surface area contributed by atoms with Gasteiger partial charge >= 0.3 is 0 Å². The van der Waals surface area contributed by atoms with Gasteiger partial charge in [-0.1, -0.05) is 0 Å². The third-order valence-electron chi connectivity index (χ3n) is 2.47. The Labute approximate surface area is 100 Å². The van der Waals surface area contributed by atoms with Crippen molar-refractivity contribution in [1.82, 2.24) is 10.2 Å². The third-order valence-corrected chi connectivity index (χ3v) is 2.47. The van der Waals surface area contributed by atoms with Crippen LogP contribution in [0.1, 0.15) is 11.6 Å². The highest BCUT2D eigenvalue weighted by Gasteiger charge is 2.15. The van der Waals surface area contributed by atoms with Gasteiger partial charge in [0.2, 0.25) is 0 Å². The lowest BCUT2D eigenvalue weighted by Gasteiger charge is -2.19. The largest absolute Gasteiger partial charge is 0.394 e. The summed E-state index contributed by atoms with van der Waals surface area (Å²) in [5.74, 6) is -1.02. The molecule has 1 rings (SSSR count). The summed E-state index contributed by atoms with van der Waals surface area (Å²) in [5.41, 5.74) is 0.159. The molecule has 0 fully saturated rings. The molecule has 1 atom stereocenters. The molecule has 2 N–H and O–H groups in total. The predicted molar refractivity (Wildman–Crippen MR) is 62.7 cm³/mol. The van der Waals surface area contributed by atoms with Crippen molar-refractivity contribution >= 4 is 0 Å². The summed E-state index contributed by atoms with van der Waals surface area (Å²) in [6, 6.07) is 2.66. The number of hydrogen-bond acceptors (Lipinski definition) is 3. The van der Waals surface area contributed by atoms with E-state index in [1.165, 1.54) is 0 Å². The lowest BCUT2D eigenvalue weighted by molar-refractivity contribution is 0.237. The SMILES string of the molecule is CN(C)CCNC(CO)c1cc(F)ccc1F. The monoisotopic (exact) mass is 244 g/mol. The summed E-state index contributed by atoms with van der Waals surface area (Å²) >= 11 is 0. The zero-order valence-corrected chi connectivity index (χ0v) is 10.1. The van der Waals surface area contributed by atoms with Crippen LogP contribution in [0.5, 0.6) is 0 Å². The van der Waals surface area contributed by atoms with Crippen LogP contribution in [0.3, 0.4) is 0 Å². The smallest absolute Gasteiger partial charge is 0.128 e. The summed E-state index contributed by atoms with van der Waals surface area (Å²) in [6.45, 7) is 1.08. The molecule has 1 unspecified atom stereocenters. The van der Waals surface area contributed by atoms with Crippen molar-refractivity contribution in [3.63, 3.8) is 0 Å². The summed E-state index contributed by atoms with van der Waals surface area (Å²) in [6.07, 6.45) is 0. The van der Waals surface area contributed by atoms with Gasteiger partial charge in [0.25, 0.3) is 0 Å². The van der Waals surface area contributed by atoms with Crippen molar-refractivity contribution < 1.29 is 13.9 Å². The Balaban J connectivity index is 2.68. The highest BCUT2D eigenvalue weighted by molar-refractivity contribution is 5.22. The molecule has 0 amide bonds. The summed E-state index contributed by atoms with van der Waals surface area (Å²) in [5, 5.41) is 12.2. The molecule has 0 heterocycles. The fraction of sp³-hybridized carbons (Fsp3) is 0.500. The molecule has 96 valence electrons. The van der Waals surface area contributed by atoms with E-state index in [2.05, 4.69) is 5.32 Å². The predicted octanol–water partition coefficient (Wildman–Crippen LogP) is 1.15. The number of hydrogen-bond donors (Lipinski definition) is 2. The molecule has 3 nitrogen and oxygen atoms in total. The average molecular weight is 244 g/mol. The second-order valence-electron chi connectivity index (χ2n) is 4.16. The molecular formula is C12H18F2N2O.